The van der Waals surface area contributed by atoms with Crippen LogP contribution in [0.3, 0.4) is 0 Å². The molecule has 0 radical (unpaired) electrons. The van der Waals surface area contributed by atoms with Gasteiger partial charge >= 0.3 is 0 Å². The average Bonchev–Trinajstić information content (AvgIpc) is 4.02. The number of sulfone groups is 2. The van der Waals surface area contributed by atoms with Crippen molar-refractivity contribution in [1.29, 1.82) is 0 Å². The zero-order valence-electron chi connectivity index (χ0n) is 41.4. The molecule has 0 bridgehead atoms. The highest BCUT2D eigenvalue weighted by Crippen LogP contribution is 2.38. The second-order valence-corrected chi connectivity index (χ2v) is 21.0. The number of nitrogens with one attached hydrogen (secondary N) is 2. The standard InChI is InChI=1S/2C24H26FN7O4S.CH4/c2*1-15(11-21-27-12-16(25)13-28-21)37(33,34)14-22-30-31-24(17-7-5-10-20(26-2)29-17)32(22)23-18(35-3)8-6-9-19(23)36-4;/h2*5-10,12-13,15H,11,14H2,1-4H3,(H,26,29);1H4/t2*15-;/m10./s1. The van der Waals surface area contributed by atoms with Crippen LogP contribution >= 0.6 is 0 Å². The molecular formula is C49H56F2N14O8S2. The largest absolute Gasteiger partial charge is 0.494 e. The van der Waals surface area contributed by atoms with Crippen molar-refractivity contribution >= 4 is 31.3 Å². The first-order valence-corrected chi connectivity index (χ1v) is 25.9. The lowest BCUT2D eigenvalue weighted by molar-refractivity contribution is 0.390. The van der Waals surface area contributed by atoms with Crippen LogP contribution in [0.1, 0.15) is 44.6 Å². The maximum absolute atomic E-state index is 13.4. The van der Waals surface area contributed by atoms with E-state index >= 15 is 0 Å². The minimum absolute atomic E-state index is 0. The van der Waals surface area contributed by atoms with Crippen molar-refractivity contribution in [3.05, 3.63) is 133 Å². The Morgan fingerprint density at radius 3 is 1.15 bits per heavy atom. The quantitative estimate of drug-likeness (QED) is 0.0840. The molecule has 0 aliphatic rings. The first-order valence-electron chi connectivity index (χ1n) is 22.5. The van der Waals surface area contributed by atoms with Crippen molar-refractivity contribution in [2.75, 3.05) is 53.2 Å². The summed E-state index contributed by atoms with van der Waals surface area (Å²) in [5.41, 5.74) is 1.79. The normalized spacial score (nSPS) is 12.1. The second kappa shape index (κ2) is 24.6. The number of benzene rings is 2. The van der Waals surface area contributed by atoms with Gasteiger partial charge in [0.1, 0.15) is 80.6 Å². The van der Waals surface area contributed by atoms with Gasteiger partial charge in [-0.15, -0.1) is 20.4 Å². The molecule has 0 aliphatic carbocycles. The summed E-state index contributed by atoms with van der Waals surface area (Å²) in [6.07, 6.45) is 4.03. The zero-order valence-corrected chi connectivity index (χ0v) is 43.1. The number of pyridine rings is 2. The second-order valence-electron chi connectivity index (χ2n) is 16.2. The highest BCUT2D eigenvalue weighted by molar-refractivity contribution is 7.91. The monoisotopic (exact) mass is 1070 g/mol. The predicted octanol–water partition coefficient (Wildman–Crippen LogP) is 6.36. The maximum atomic E-state index is 13.4. The third-order valence-electron chi connectivity index (χ3n) is 11.4. The first kappa shape index (κ1) is 56.0. The Labute approximate surface area is 432 Å². The number of ether oxygens (including phenoxy) is 4. The van der Waals surface area contributed by atoms with E-state index in [1.54, 1.807) is 110 Å². The van der Waals surface area contributed by atoms with Crippen molar-refractivity contribution in [1.82, 2.24) is 59.4 Å². The van der Waals surface area contributed by atoms with Gasteiger partial charge in [0.25, 0.3) is 0 Å². The van der Waals surface area contributed by atoms with Crippen LogP contribution < -0.4 is 29.6 Å². The van der Waals surface area contributed by atoms with Crippen LogP contribution in [0.4, 0.5) is 20.4 Å². The molecule has 8 aromatic rings. The summed E-state index contributed by atoms with van der Waals surface area (Å²) >= 11 is 0. The summed E-state index contributed by atoms with van der Waals surface area (Å²) in [6, 6.07) is 21.1. The molecule has 6 aromatic heterocycles. The SMILES string of the molecule is C.CNc1cccc(-c2nnc(CS(=O)(=O)[C@@H](C)Cc3ncc(F)cn3)n2-c2c(OC)cccc2OC)n1.CNc1cccc(-c2nnc(CS(=O)(=O)[C@H](C)Cc3ncc(F)cn3)n2-c2c(OC)cccc2OC)n1. The number of anilines is 2. The average molecular weight is 1070 g/mol. The molecule has 0 saturated heterocycles. The highest BCUT2D eigenvalue weighted by atomic mass is 32.2. The van der Waals surface area contributed by atoms with Gasteiger partial charge in [0.2, 0.25) is 0 Å². The van der Waals surface area contributed by atoms with Gasteiger partial charge in [0.15, 0.2) is 54.6 Å². The van der Waals surface area contributed by atoms with Gasteiger partial charge in [-0.05, 0) is 62.4 Å². The minimum Gasteiger partial charge on any atom is -0.494 e. The van der Waals surface area contributed by atoms with Crippen molar-refractivity contribution in [2.24, 2.45) is 0 Å². The van der Waals surface area contributed by atoms with E-state index in [-0.39, 0.29) is 43.6 Å². The number of hydrogen-bond acceptors (Lipinski definition) is 20. The summed E-state index contributed by atoms with van der Waals surface area (Å²) in [5, 5.41) is 21.3. The lowest BCUT2D eigenvalue weighted by Gasteiger charge is -2.18. The smallest absolute Gasteiger partial charge is 0.187 e. The maximum Gasteiger partial charge on any atom is 0.187 e. The lowest BCUT2D eigenvalue weighted by Crippen LogP contribution is -2.24. The van der Waals surface area contributed by atoms with Gasteiger partial charge in [-0.3, -0.25) is 9.13 Å². The number of hydrogen-bond donors (Lipinski definition) is 2. The van der Waals surface area contributed by atoms with Gasteiger partial charge in [-0.2, -0.15) is 0 Å². The van der Waals surface area contributed by atoms with Crippen molar-refractivity contribution in [3.8, 4) is 57.4 Å². The molecule has 0 amide bonds. The van der Waals surface area contributed by atoms with Crippen LogP contribution in [0.15, 0.2) is 97.6 Å². The molecule has 2 aromatic carbocycles. The number of para-hydroxylation sites is 2. The topological polar surface area (TPSA) is 268 Å². The van der Waals surface area contributed by atoms with E-state index in [9.17, 15) is 25.6 Å². The van der Waals surface area contributed by atoms with Crippen LogP contribution in [0.2, 0.25) is 0 Å². The number of rotatable bonds is 20. The molecule has 0 saturated carbocycles. The molecule has 6 heterocycles. The molecule has 2 atom stereocenters. The summed E-state index contributed by atoms with van der Waals surface area (Å²) in [6.45, 7) is 3.09. The molecule has 26 heteroatoms. The van der Waals surface area contributed by atoms with Crippen LogP contribution in [0.25, 0.3) is 34.4 Å². The summed E-state index contributed by atoms with van der Waals surface area (Å²) in [5.74, 6) is 2.15. The van der Waals surface area contributed by atoms with E-state index in [0.29, 0.717) is 69.0 Å². The molecular weight excluding hydrogens is 1010 g/mol. The van der Waals surface area contributed by atoms with E-state index in [1.165, 1.54) is 28.4 Å². The number of methoxy groups -OCH3 is 4. The minimum atomic E-state index is -3.78. The van der Waals surface area contributed by atoms with Crippen molar-refractivity contribution < 1.29 is 44.6 Å². The molecule has 22 nitrogen and oxygen atoms in total. The summed E-state index contributed by atoms with van der Waals surface area (Å²) < 4.78 is 105. The van der Waals surface area contributed by atoms with Crippen molar-refractivity contribution in [3.63, 3.8) is 0 Å². The molecule has 0 aliphatic heterocycles. The van der Waals surface area contributed by atoms with Crippen LogP contribution in [0, 0.1) is 11.6 Å². The van der Waals surface area contributed by atoms with Gasteiger partial charge in [-0.1, -0.05) is 31.7 Å². The Kier molecular flexibility index (Phi) is 18.4. The van der Waals surface area contributed by atoms with E-state index < -0.39 is 53.3 Å². The molecule has 0 unspecified atom stereocenters. The molecule has 0 fully saturated rings. The Hall–Kier alpha value is -8.26. The Balaban J connectivity index is 0.000000241. The van der Waals surface area contributed by atoms with Gasteiger partial charge in [0, 0.05) is 26.9 Å². The van der Waals surface area contributed by atoms with Crippen molar-refractivity contribution in [2.45, 2.75) is 56.1 Å². The number of nitrogens with zero attached hydrogens (tertiary/aromatic N) is 12. The third-order valence-corrected chi connectivity index (χ3v) is 15.5. The molecule has 396 valence electrons. The van der Waals surface area contributed by atoms with E-state index in [4.69, 9.17) is 18.9 Å². The van der Waals surface area contributed by atoms with Crippen LogP contribution in [-0.2, 0) is 44.0 Å². The van der Waals surface area contributed by atoms with Crippen LogP contribution in [0.5, 0.6) is 23.0 Å². The van der Waals surface area contributed by atoms with Crippen LogP contribution in [-0.4, -0.2) is 129 Å². The lowest BCUT2D eigenvalue weighted by atomic mass is 10.2. The summed E-state index contributed by atoms with van der Waals surface area (Å²) in [4.78, 5) is 24.6. The summed E-state index contributed by atoms with van der Waals surface area (Å²) in [7, 11) is 1.93. The first-order chi connectivity index (χ1) is 35.5. The fourth-order valence-corrected chi connectivity index (χ4v) is 9.89. The van der Waals surface area contributed by atoms with Gasteiger partial charge in [0.05, 0.1) is 63.7 Å². The number of halogens is 2. The Bertz CT molecular complexity index is 3170. The van der Waals surface area contributed by atoms with E-state index in [2.05, 4.69) is 60.9 Å². The molecule has 2 N–H and O–H groups in total. The fourth-order valence-electron chi connectivity index (χ4n) is 7.42. The number of aromatic nitrogens is 12. The third kappa shape index (κ3) is 12.9. The predicted molar refractivity (Wildman–Crippen MR) is 277 cm³/mol. The molecule has 8 rings (SSSR count). The fraction of sp³-hybridized carbons (Fsp3) is 0.306. The van der Waals surface area contributed by atoms with E-state index in [0.717, 1.165) is 24.8 Å². The van der Waals surface area contributed by atoms with Gasteiger partial charge in [-0.25, -0.2) is 55.5 Å². The Morgan fingerprint density at radius 1 is 0.520 bits per heavy atom. The Morgan fingerprint density at radius 2 is 0.840 bits per heavy atom. The highest BCUT2D eigenvalue weighted by Gasteiger charge is 2.32. The zero-order chi connectivity index (χ0) is 53.2. The molecule has 0 spiro atoms. The van der Waals surface area contributed by atoms with Gasteiger partial charge < -0.3 is 29.6 Å². The van der Waals surface area contributed by atoms with E-state index in [1.807, 2.05) is 0 Å². The molecule has 75 heavy (non-hydrogen) atoms.